The van der Waals surface area contributed by atoms with Gasteiger partial charge in [0.15, 0.2) is 0 Å². The number of hydrogen-bond acceptors (Lipinski definition) is 4. The van der Waals surface area contributed by atoms with E-state index < -0.39 is 28.8 Å². The third-order valence-electron chi connectivity index (χ3n) is 2.85. The van der Waals surface area contributed by atoms with E-state index in [0.29, 0.717) is 25.7 Å². The van der Waals surface area contributed by atoms with Crippen molar-refractivity contribution < 1.29 is 24.6 Å². The topological polar surface area (TPSA) is 144 Å². The summed E-state index contributed by atoms with van der Waals surface area (Å²) in [5.74, 6) is -2.67. The van der Waals surface area contributed by atoms with Crippen LogP contribution in [0.15, 0.2) is 0 Å². The van der Waals surface area contributed by atoms with Gasteiger partial charge in [-0.3, -0.25) is 14.4 Å². The van der Waals surface area contributed by atoms with Crippen molar-refractivity contribution in [3.05, 3.63) is 0 Å². The molecule has 1 amide bonds. The van der Waals surface area contributed by atoms with Crippen molar-refractivity contribution >= 4 is 17.8 Å². The lowest BCUT2D eigenvalue weighted by Crippen LogP contribution is -2.31. The van der Waals surface area contributed by atoms with Crippen LogP contribution in [-0.4, -0.2) is 33.6 Å². The molecule has 2 aliphatic rings. The van der Waals surface area contributed by atoms with Crippen molar-refractivity contribution in [3.63, 3.8) is 0 Å². The maximum absolute atomic E-state index is 10.4. The van der Waals surface area contributed by atoms with Gasteiger partial charge in [-0.1, -0.05) is 0 Å². The van der Waals surface area contributed by atoms with Crippen LogP contribution in [0.25, 0.3) is 0 Å². The molecule has 2 fully saturated rings. The number of carbonyl (C=O) groups is 3. The lowest BCUT2D eigenvalue weighted by molar-refractivity contribution is -0.148. The highest BCUT2D eigenvalue weighted by molar-refractivity contribution is 6.04. The molecule has 0 radical (unpaired) electrons. The Kier molecular flexibility index (Phi) is 2.91. The first-order valence-corrected chi connectivity index (χ1v) is 4.80. The quantitative estimate of drug-likeness (QED) is 0.453. The van der Waals surface area contributed by atoms with E-state index in [4.69, 9.17) is 21.7 Å². The molecule has 0 atom stereocenters. The van der Waals surface area contributed by atoms with E-state index in [1.54, 1.807) is 0 Å². The first kappa shape index (κ1) is 12.4. The minimum Gasteiger partial charge on any atom is -0.480 e. The minimum atomic E-state index is -1.19. The fraction of sp³-hybridized carbons (Fsp3) is 0.667. The smallest absolute Gasteiger partial charge is 0.323 e. The van der Waals surface area contributed by atoms with Crippen LogP contribution in [0.2, 0.25) is 0 Å². The van der Waals surface area contributed by atoms with E-state index in [0.717, 1.165) is 0 Å². The van der Waals surface area contributed by atoms with Gasteiger partial charge in [0.25, 0.3) is 0 Å². The highest BCUT2D eigenvalue weighted by Crippen LogP contribution is 2.45. The Morgan fingerprint density at radius 2 is 1.38 bits per heavy atom. The molecule has 6 N–H and O–H groups in total. The molecule has 0 saturated heterocycles. The first-order valence-electron chi connectivity index (χ1n) is 4.80. The molecule has 0 aromatic rings. The number of nitrogens with two attached hydrogens (primary N) is 2. The van der Waals surface area contributed by atoms with Crippen molar-refractivity contribution in [2.75, 3.05) is 0 Å². The van der Waals surface area contributed by atoms with Crippen LogP contribution in [0, 0.1) is 5.41 Å². The van der Waals surface area contributed by atoms with Gasteiger partial charge < -0.3 is 21.7 Å². The SMILES string of the molecule is NC(=O)C1(C(=O)O)CC1.NC1(C(=O)O)CC1. The molecule has 7 heteroatoms. The zero-order valence-corrected chi connectivity index (χ0v) is 8.60. The van der Waals surface area contributed by atoms with Gasteiger partial charge in [-0.15, -0.1) is 0 Å². The largest absolute Gasteiger partial charge is 0.480 e. The van der Waals surface area contributed by atoms with Crippen LogP contribution in [-0.2, 0) is 14.4 Å². The third kappa shape index (κ3) is 2.30. The second kappa shape index (κ2) is 3.75. The van der Waals surface area contributed by atoms with Gasteiger partial charge in [-0.25, -0.2) is 0 Å². The maximum atomic E-state index is 10.4. The number of amides is 1. The third-order valence-corrected chi connectivity index (χ3v) is 2.85. The molecule has 0 aromatic heterocycles. The second-order valence-electron chi connectivity index (χ2n) is 4.21. The maximum Gasteiger partial charge on any atom is 0.323 e. The zero-order valence-electron chi connectivity index (χ0n) is 8.60. The van der Waals surface area contributed by atoms with E-state index in [1.807, 2.05) is 0 Å². The summed E-state index contributed by atoms with van der Waals surface area (Å²) >= 11 is 0. The lowest BCUT2D eigenvalue weighted by Gasteiger charge is -2.00. The summed E-state index contributed by atoms with van der Waals surface area (Å²) in [6.45, 7) is 0. The fourth-order valence-electron chi connectivity index (χ4n) is 1.04. The lowest BCUT2D eigenvalue weighted by atomic mass is 10.1. The highest BCUT2D eigenvalue weighted by Gasteiger charge is 2.55. The van der Waals surface area contributed by atoms with Crippen LogP contribution < -0.4 is 11.5 Å². The van der Waals surface area contributed by atoms with E-state index in [1.165, 1.54) is 0 Å². The van der Waals surface area contributed by atoms with Crippen molar-refractivity contribution in [3.8, 4) is 0 Å². The summed E-state index contributed by atoms with van der Waals surface area (Å²) < 4.78 is 0. The Morgan fingerprint density at radius 3 is 1.38 bits per heavy atom. The number of primary amides is 1. The molecule has 0 bridgehead atoms. The van der Waals surface area contributed by atoms with Crippen molar-refractivity contribution in [2.24, 2.45) is 16.9 Å². The van der Waals surface area contributed by atoms with Gasteiger partial charge in [-0.05, 0) is 25.7 Å². The van der Waals surface area contributed by atoms with Gasteiger partial charge in [0, 0.05) is 0 Å². The highest BCUT2D eigenvalue weighted by atomic mass is 16.4. The zero-order chi connectivity index (χ0) is 12.6. The van der Waals surface area contributed by atoms with Crippen LogP contribution in [0.1, 0.15) is 25.7 Å². The minimum absolute atomic E-state index is 0.400. The molecular weight excluding hydrogens is 216 g/mol. The summed E-state index contributed by atoms with van der Waals surface area (Å²) in [5.41, 5.74) is 7.98. The number of rotatable bonds is 3. The molecule has 0 aliphatic heterocycles. The predicted molar refractivity (Wildman–Crippen MR) is 52.3 cm³/mol. The summed E-state index contributed by atoms with van der Waals surface area (Å²) in [7, 11) is 0. The summed E-state index contributed by atoms with van der Waals surface area (Å²) in [5, 5.41) is 16.6. The van der Waals surface area contributed by atoms with Crippen LogP contribution in [0.5, 0.6) is 0 Å². The molecule has 0 unspecified atom stereocenters. The van der Waals surface area contributed by atoms with Gasteiger partial charge in [0.2, 0.25) is 5.91 Å². The Balaban J connectivity index is 0.000000165. The summed E-state index contributed by atoms with van der Waals surface area (Å²) in [4.78, 5) is 30.5. The molecule has 2 saturated carbocycles. The molecule has 2 aliphatic carbocycles. The molecule has 90 valence electrons. The first-order chi connectivity index (χ1) is 7.24. The molecule has 0 aromatic carbocycles. The summed E-state index contributed by atoms with van der Waals surface area (Å²) in [6, 6.07) is 0. The van der Waals surface area contributed by atoms with E-state index in [2.05, 4.69) is 0 Å². The number of hydrogen-bond donors (Lipinski definition) is 4. The number of carboxylic acid groups (broad SMARTS) is 2. The number of aliphatic carboxylic acids is 2. The molecular formula is C9H14N2O5. The number of carbonyl (C=O) groups excluding carboxylic acids is 1. The molecule has 2 rings (SSSR count). The van der Waals surface area contributed by atoms with Crippen LogP contribution in [0.4, 0.5) is 0 Å². The van der Waals surface area contributed by atoms with Crippen molar-refractivity contribution in [1.82, 2.24) is 0 Å². The molecule has 16 heavy (non-hydrogen) atoms. The van der Waals surface area contributed by atoms with Crippen LogP contribution in [0.3, 0.4) is 0 Å². The molecule has 0 heterocycles. The second-order valence-corrected chi connectivity index (χ2v) is 4.21. The Morgan fingerprint density at radius 1 is 0.938 bits per heavy atom. The van der Waals surface area contributed by atoms with Gasteiger partial charge in [0.05, 0.1) is 0 Å². The normalized spacial score (nSPS) is 22.3. The van der Waals surface area contributed by atoms with E-state index in [-0.39, 0.29) is 0 Å². The van der Waals surface area contributed by atoms with Gasteiger partial charge in [0.1, 0.15) is 11.0 Å². The molecule has 7 nitrogen and oxygen atoms in total. The number of carboxylic acids is 2. The fourth-order valence-corrected chi connectivity index (χ4v) is 1.04. The standard InChI is InChI=1S/C5H7NO3.C4H7NO2/c6-3(7)5(1-2-5)4(8)9;5-4(1-2-4)3(6)7/h1-2H2,(H2,6,7)(H,8,9);1-2,5H2,(H,6,7). The molecule has 0 spiro atoms. The predicted octanol–water partition coefficient (Wildman–Crippen LogP) is -1.10. The monoisotopic (exact) mass is 230 g/mol. The average Bonchev–Trinajstić information content (AvgIpc) is 2.96. The van der Waals surface area contributed by atoms with Crippen molar-refractivity contribution in [2.45, 2.75) is 31.2 Å². The average molecular weight is 230 g/mol. The van der Waals surface area contributed by atoms with E-state index in [9.17, 15) is 14.4 Å². The van der Waals surface area contributed by atoms with E-state index >= 15 is 0 Å². The Labute approximate surface area is 91.4 Å². The Hall–Kier alpha value is -1.63. The summed E-state index contributed by atoms with van der Waals surface area (Å²) in [6.07, 6.45) is 2.08. The van der Waals surface area contributed by atoms with Gasteiger partial charge >= 0.3 is 11.9 Å². The Bertz CT molecular complexity index is 328. The van der Waals surface area contributed by atoms with Crippen molar-refractivity contribution in [1.29, 1.82) is 0 Å². The van der Waals surface area contributed by atoms with Crippen LogP contribution >= 0.6 is 0 Å². The van der Waals surface area contributed by atoms with Gasteiger partial charge in [-0.2, -0.15) is 0 Å².